The molecule has 4 aliphatic rings. The quantitative estimate of drug-likeness (QED) is 0.294. The Hall–Kier alpha value is -3.83. The molecular weight excluding hydrogens is 585 g/mol. The molecule has 6 heterocycles. The third-order valence-corrected chi connectivity index (χ3v) is 9.99. The number of aromatic hydroxyl groups is 1. The molecule has 1 unspecified atom stereocenters. The fourth-order valence-electron chi connectivity index (χ4n) is 7.93. The molecule has 2 aromatic heterocycles. The number of aryl methyl sites for hydroxylation is 1. The lowest BCUT2D eigenvalue weighted by Crippen LogP contribution is -2.43. The Labute approximate surface area is 258 Å². The molecule has 0 radical (unpaired) electrons. The van der Waals surface area contributed by atoms with Crippen molar-refractivity contribution in [3.05, 3.63) is 47.5 Å². The van der Waals surface area contributed by atoms with E-state index >= 15 is 8.78 Å². The van der Waals surface area contributed by atoms with Gasteiger partial charge in [0.25, 0.3) is 0 Å². The lowest BCUT2D eigenvalue weighted by molar-refractivity contribution is 0.111. The summed E-state index contributed by atoms with van der Waals surface area (Å²) in [5.41, 5.74) is 0.843. The number of hydrogen-bond acceptors (Lipinski definition) is 8. The van der Waals surface area contributed by atoms with Gasteiger partial charge in [0, 0.05) is 37.7 Å². The maximum atomic E-state index is 17.0. The first kappa shape index (κ1) is 28.6. The average molecular weight is 621 g/mol. The molecule has 8 nitrogen and oxygen atoms in total. The smallest absolute Gasteiger partial charge is 0.225 e. The fraction of sp³-hybridized carbons (Fsp3) is 0.471. The van der Waals surface area contributed by atoms with E-state index in [1.54, 1.807) is 6.07 Å². The minimum atomic E-state index is -0.901. The molecule has 3 saturated heterocycles. The van der Waals surface area contributed by atoms with E-state index in [-0.39, 0.29) is 53.5 Å². The topological polar surface area (TPSA) is 80.2 Å². The summed E-state index contributed by atoms with van der Waals surface area (Å²) in [6, 6.07) is 7.51. The number of aromatic nitrogens is 2. The lowest BCUT2D eigenvalue weighted by Gasteiger charge is -2.32. The zero-order chi connectivity index (χ0) is 30.9. The molecule has 4 aliphatic heterocycles. The molecule has 1 N–H and O–H groups in total. The van der Waals surface area contributed by atoms with Gasteiger partial charge in [-0.25, -0.2) is 23.1 Å². The summed E-state index contributed by atoms with van der Waals surface area (Å²) in [6.07, 6.45) is 2.44. The summed E-state index contributed by atoms with van der Waals surface area (Å²) in [7, 11) is 0. The van der Waals surface area contributed by atoms with Crippen LogP contribution in [0.4, 0.5) is 18.9 Å². The molecule has 8 rings (SSSR count). The number of anilines is 1. The van der Waals surface area contributed by atoms with Crippen LogP contribution in [0.25, 0.3) is 32.9 Å². The Morgan fingerprint density at radius 3 is 2.84 bits per heavy atom. The first-order valence-electron chi connectivity index (χ1n) is 15.8. The van der Waals surface area contributed by atoms with E-state index in [1.807, 2.05) is 13.0 Å². The number of halogens is 3. The second-order valence-electron chi connectivity index (χ2n) is 12.7. The molecule has 2 aromatic carbocycles. The van der Waals surface area contributed by atoms with Crippen LogP contribution in [0.2, 0.25) is 0 Å². The zero-order valence-electron chi connectivity index (χ0n) is 25.1. The molecule has 3 atom stereocenters. The Morgan fingerprint density at radius 1 is 1.09 bits per heavy atom. The number of phenols is 1. The average Bonchev–Trinajstić information content (AvgIpc) is 3.38. The van der Waals surface area contributed by atoms with Crippen LogP contribution in [0.3, 0.4) is 0 Å². The standard InChI is InChI=1S/C34H35F3N4O4/c1-2-23-25(36)6-5-19-11-22(42)12-24(28(19)23)31-30(37)32-29-26(41-9-4-10-43-16-21(41)17-44-33(29)39-31)13-27(38-32)45-18-34-7-3-8-40(34)15-20(35)14-34/h5-6,11-13,20-21,42H,2-4,7-10,14-18H2,1H3/t20?,21-,34-/m0/s1. The molecule has 4 aromatic rings. The van der Waals surface area contributed by atoms with E-state index in [0.29, 0.717) is 66.6 Å². The van der Waals surface area contributed by atoms with Crippen LogP contribution in [0, 0.1) is 11.6 Å². The second kappa shape index (κ2) is 10.9. The number of nitrogens with zero attached hydrogens (tertiary/aromatic N) is 4. The van der Waals surface area contributed by atoms with Crippen LogP contribution in [0.5, 0.6) is 17.5 Å². The number of fused-ring (bicyclic) bond motifs is 4. The molecule has 236 valence electrons. The van der Waals surface area contributed by atoms with Crippen molar-refractivity contribution < 1.29 is 32.5 Å². The van der Waals surface area contributed by atoms with Gasteiger partial charge in [-0.3, -0.25) is 4.90 Å². The van der Waals surface area contributed by atoms with Crippen molar-refractivity contribution >= 4 is 27.4 Å². The Balaban J connectivity index is 1.33. The van der Waals surface area contributed by atoms with Crippen LogP contribution in [0.1, 0.15) is 38.2 Å². The normalized spacial score (nSPS) is 24.8. The number of rotatable bonds is 5. The highest BCUT2D eigenvalue weighted by molar-refractivity contribution is 6.04. The SMILES string of the molecule is CCc1c(F)ccc2cc(O)cc(-c3nc4c5c(cc(OC[C@@]67CCCN6CC(F)C7)nc5c3F)N3CCCOC[C@H]3CO4)c12. The predicted molar refractivity (Wildman–Crippen MR) is 164 cm³/mol. The summed E-state index contributed by atoms with van der Waals surface area (Å²) >= 11 is 0. The monoisotopic (exact) mass is 620 g/mol. The van der Waals surface area contributed by atoms with Crippen molar-refractivity contribution in [3.8, 4) is 28.8 Å². The molecule has 45 heavy (non-hydrogen) atoms. The van der Waals surface area contributed by atoms with E-state index in [1.165, 1.54) is 18.2 Å². The van der Waals surface area contributed by atoms with Crippen molar-refractivity contribution in [2.45, 2.75) is 56.8 Å². The summed E-state index contributed by atoms with van der Waals surface area (Å²) < 4.78 is 65.0. The highest BCUT2D eigenvalue weighted by atomic mass is 19.1. The van der Waals surface area contributed by atoms with Crippen molar-refractivity contribution in [2.24, 2.45) is 0 Å². The molecule has 0 amide bonds. The summed E-state index contributed by atoms with van der Waals surface area (Å²) in [6.45, 7) is 5.25. The Morgan fingerprint density at radius 2 is 1.98 bits per heavy atom. The molecule has 0 spiro atoms. The highest BCUT2D eigenvalue weighted by Crippen LogP contribution is 2.45. The second-order valence-corrected chi connectivity index (χ2v) is 12.7. The maximum absolute atomic E-state index is 17.0. The van der Waals surface area contributed by atoms with Crippen LogP contribution < -0.4 is 14.4 Å². The highest BCUT2D eigenvalue weighted by Gasteiger charge is 2.49. The van der Waals surface area contributed by atoms with Crippen LogP contribution in [0.15, 0.2) is 30.3 Å². The predicted octanol–water partition coefficient (Wildman–Crippen LogP) is 5.94. The molecular formula is C34H35F3N4O4. The van der Waals surface area contributed by atoms with Crippen molar-refractivity contribution in [1.29, 1.82) is 0 Å². The van der Waals surface area contributed by atoms with Gasteiger partial charge in [-0.2, -0.15) is 0 Å². The van der Waals surface area contributed by atoms with Gasteiger partial charge in [-0.05, 0) is 66.8 Å². The van der Waals surface area contributed by atoms with Crippen molar-refractivity contribution in [1.82, 2.24) is 14.9 Å². The first-order chi connectivity index (χ1) is 21.8. The van der Waals surface area contributed by atoms with Gasteiger partial charge in [0.1, 0.15) is 42.2 Å². The number of hydrogen-bond donors (Lipinski definition) is 1. The third kappa shape index (κ3) is 4.65. The summed E-state index contributed by atoms with van der Waals surface area (Å²) in [5.74, 6) is -0.809. The molecule has 0 bridgehead atoms. The van der Waals surface area contributed by atoms with Crippen LogP contribution in [-0.4, -0.2) is 83.8 Å². The molecule has 3 fully saturated rings. The molecule has 11 heteroatoms. The summed E-state index contributed by atoms with van der Waals surface area (Å²) in [5, 5.41) is 12.1. The van der Waals surface area contributed by atoms with E-state index in [4.69, 9.17) is 24.2 Å². The molecule has 0 saturated carbocycles. The first-order valence-corrected chi connectivity index (χ1v) is 15.8. The van der Waals surface area contributed by atoms with Gasteiger partial charge in [0.05, 0.1) is 29.3 Å². The minimum absolute atomic E-state index is 0.00910. The minimum Gasteiger partial charge on any atom is -0.508 e. The lowest BCUT2D eigenvalue weighted by atomic mass is 9.94. The van der Waals surface area contributed by atoms with Crippen molar-refractivity contribution in [3.63, 3.8) is 0 Å². The molecule has 0 aliphatic carbocycles. The van der Waals surface area contributed by atoms with Gasteiger partial charge >= 0.3 is 0 Å². The number of phenolic OH excluding ortho intramolecular Hbond substituents is 1. The van der Waals surface area contributed by atoms with E-state index in [9.17, 15) is 9.50 Å². The van der Waals surface area contributed by atoms with Gasteiger partial charge in [0.15, 0.2) is 5.82 Å². The van der Waals surface area contributed by atoms with Gasteiger partial charge < -0.3 is 24.2 Å². The zero-order valence-corrected chi connectivity index (χ0v) is 25.1. The van der Waals surface area contributed by atoms with Gasteiger partial charge in [-0.15, -0.1) is 0 Å². The van der Waals surface area contributed by atoms with E-state index in [2.05, 4.69) is 9.80 Å². The van der Waals surface area contributed by atoms with Crippen molar-refractivity contribution in [2.75, 3.05) is 51.0 Å². The number of alkyl halides is 1. The number of benzene rings is 2. The van der Waals surface area contributed by atoms with Crippen LogP contribution in [-0.2, 0) is 11.2 Å². The van der Waals surface area contributed by atoms with E-state index in [0.717, 1.165) is 25.8 Å². The Kier molecular flexibility index (Phi) is 6.94. The maximum Gasteiger partial charge on any atom is 0.225 e. The number of pyridine rings is 2. The summed E-state index contributed by atoms with van der Waals surface area (Å²) in [4.78, 5) is 13.7. The third-order valence-electron chi connectivity index (χ3n) is 9.99. The largest absolute Gasteiger partial charge is 0.508 e. The van der Waals surface area contributed by atoms with Gasteiger partial charge in [-0.1, -0.05) is 13.0 Å². The Bertz CT molecular complexity index is 1820. The van der Waals surface area contributed by atoms with Gasteiger partial charge in [0.2, 0.25) is 11.8 Å². The number of ether oxygens (including phenoxy) is 3. The van der Waals surface area contributed by atoms with Crippen LogP contribution >= 0.6 is 0 Å². The van der Waals surface area contributed by atoms with E-state index < -0.39 is 23.3 Å². The fourth-order valence-corrected chi connectivity index (χ4v) is 7.93.